The van der Waals surface area contributed by atoms with E-state index in [1.807, 2.05) is 0 Å². The number of carbonyl (C=O) groups is 1. The van der Waals surface area contributed by atoms with Crippen molar-refractivity contribution in [2.24, 2.45) is 14.1 Å². The second kappa shape index (κ2) is 5.68. The number of aryl methyl sites for hydroxylation is 2. The Bertz CT molecular complexity index is 870. The van der Waals surface area contributed by atoms with Crippen LogP contribution in [0.15, 0.2) is 15.9 Å². The van der Waals surface area contributed by atoms with Gasteiger partial charge in [-0.15, -0.1) is 0 Å². The van der Waals surface area contributed by atoms with Crippen molar-refractivity contribution < 1.29 is 4.79 Å². The average Bonchev–Trinajstić information content (AvgIpc) is 3.18. The minimum Gasteiger partial charge on any atom is -0.341 e. The van der Waals surface area contributed by atoms with E-state index in [-0.39, 0.29) is 18.5 Å². The average molecular weight is 319 g/mol. The number of imidazole rings is 1. The van der Waals surface area contributed by atoms with Crippen molar-refractivity contribution in [3.8, 4) is 0 Å². The summed E-state index contributed by atoms with van der Waals surface area (Å²) >= 11 is 0. The maximum atomic E-state index is 12.6. The number of nitrogens with zero attached hydrogens (tertiary/aromatic N) is 5. The zero-order valence-electron chi connectivity index (χ0n) is 13.7. The van der Waals surface area contributed by atoms with Crippen molar-refractivity contribution >= 4 is 17.1 Å². The topological polar surface area (TPSA) is 82.1 Å². The molecule has 0 N–H and O–H groups in total. The number of hydrogen-bond acceptors (Lipinski definition) is 4. The van der Waals surface area contributed by atoms with Gasteiger partial charge < -0.3 is 9.47 Å². The smallest absolute Gasteiger partial charge is 0.332 e. The van der Waals surface area contributed by atoms with Crippen LogP contribution in [0.1, 0.15) is 25.7 Å². The molecule has 8 heteroatoms. The van der Waals surface area contributed by atoms with E-state index >= 15 is 0 Å². The molecule has 0 atom stereocenters. The molecule has 2 heterocycles. The molecule has 1 saturated carbocycles. The fourth-order valence-electron chi connectivity index (χ4n) is 3.28. The summed E-state index contributed by atoms with van der Waals surface area (Å²) < 4.78 is 3.87. The number of aromatic nitrogens is 4. The van der Waals surface area contributed by atoms with Gasteiger partial charge in [0, 0.05) is 27.2 Å². The maximum absolute atomic E-state index is 12.6. The Morgan fingerprint density at radius 1 is 1.30 bits per heavy atom. The monoisotopic (exact) mass is 319 g/mol. The number of fused-ring (bicyclic) bond motifs is 1. The van der Waals surface area contributed by atoms with E-state index in [0.29, 0.717) is 11.2 Å². The Morgan fingerprint density at radius 2 is 1.96 bits per heavy atom. The highest BCUT2D eigenvalue weighted by molar-refractivity contribution is 5.77. The summed E-state index contributed by atoms with van der Waals surface area (Å²) in [5.74, 6) is -0.211. The van der Waals surface area contributed by atoms with Crippen molar-refractivity contribution in [1.29, 1.82) is 0 Å². The molecular weight excluding hydrogens is 298 g/mol. The van der Waals surface area contributed by atoms with E-state index in [4.69, 9.17) is 0 Å². The molecule has 0 radical (unpaired) electrons. The second-order valence-corrected chi connectivity index (χ2v) is 6.20. The standard InChI is InChI=1S/C15H21N5O3/c1-17-9-16-13-12(17)14(22)20(15(23)19(13)3)8-11(21)18(2)10-6-4-5-7-10/h9-10H,4-8H2,1-3H3. The molecule has 0 unspecified atom stereocenters. The molecule has 2 aromatic heterocycles. The Hall–Kier alpha value is -2.38. The maximum Gasteiger partial charge on any atom is 0.332 e. The number of hydrogen-bond donors (Lipinski definition) is 0. The Labute approximate surface area is 132 Å². The van der Waals surface area contributed by atoms with Crippen molar-refractivity contribution in [3.05, 3.63) is 27.2 Å². The second-order valence-electron chi connectivity index (χ2n) is 6.20. The van der Waals surface area contributed by atoms with E-state index in [1.54, 1.807) is 30.6 Å². The van der Waals surface area contributed by atoms with Gasteiger partial charge in [-0.05, 0) is 12.8 Å². The number of likely N-dealkylation sites (N-methyl/N-ethyl adjacent to an activating group) is 1. The summed E-state index contributed by atoms with van der Waals surface area (Å²) in [6.07, 6.45) is 5.68. The molecule has 8 nitrogen and oxygen atoms in total. The van der Waals surface area contributed by atoms with Crippen LogP contribution < -0.4 is 11.2 Å². The molecule has 0 aromatic carbocycles. The fourth-order valence-corrected chi connectivity index (χ4v) is 3.28. The van der Waals surface area contributed by atoms with Crippen LogP contribution in [0.2, 0.25) is 0 Å². The van der Waals surface area contributed by atoms with Crippen LogP contribution in [0.4, 0.5) is 0 Å². The van der Waals surface area contributed by atoms with E-state index in [0.717, 1.165) is 30.3 Å². The fraction of sp³-hybridized carbons (Fsp3) is 0.600. The highest BCUT2D eigenvalue weighted by Crippen LogP contribution is 2.22. The SMILES string of the molecule is CN(C(=O)Cn1c(=O)c2c(ncn2C)n(C)c1=O)C1CCCC1. The minimum atomic E-state index is -0.519. The van der Waals surface area contributed by atoms with Crippen LogP contribution in [0.5, 0.6) is 0 Å². The first-order valence-electron chi connectivity index (χ1n) is 7.78. The largest absolute Gasteiger partial charge is 0.341 e. The molecule has 23 heavy (non-hydrogen) atoms. The molecule has 1 aliphatic carbocycles. The van der Waals surface area contributed by atoms with Crippen LogP contribution >= 0.6 is 0 Å². The van der Waals surface area contributed by atoms with Gasteiger partial charge >= 0.3 is 5.69 Å². The van der Waals surface area contributed by atoms with E-state index < -0.39 is 11.2 Å². The molecular formula is C15H21N5O3. The molecule has 3 rings (SSSR count). The number of amides is 1. The van der Waals surface area contributed by atoms with Gasteiger partial charge in [-0.2, -0.15) is 0 Å². The lowest BCUT2D eigenvalue weighted by molar-refractivity contribution is -0.132. The normalized spacial score (nSPS) is 15.4. The van der Waals surface area contributed by atoms with Crippen LogP contribution in [-0.2, 0) is 25.4 Å². The lowest BCUT2D eigenvalue weighted by Gasteiger charge is -2.24. The van der Waals surface area contributed by atoms with Gasteiger partial charge in [0.05, 0.1) is 6.33 Å². The summed E-state index contributed by atoms with van der Waals surface area (Å²) in [7, 11) is 4.99. The van der Waals surface area contributed by atoms with Gasteiger partial charge in [-0.3, -0.25) is 14.2 Å². The predicted molar refractivity (Wildman–Crippen MR) is 85.2 cm³/mol. The van der Waals surface area contributed by atoms with Gasteiger partial charge in [0.15, 0.2) is 11.2 Å². The molecule has 0 saturated heterocycles. The molecule has 2 aromatic rings. The van der Waals surface area contributed by atoms with Gasteiger partial charge in [-0.25, -0.2) is 14.3 Å². The number of carbonyl (C=O) groups excluding carboxylic acids is 1. The van der Waals surface area contributed by atoms with Crippen LogP contribution in [-0.4, -0.2) is 42.6 Å². The van der Waals surface area contributed by atoms with Crippen molar-refractivity contribution in [1.82, 2.24) is 23.6 Å². The number of rotatable bonds is 3. The lowest BCUT2D eigenvalue weighted by Crippen LogP contribution is -2.45. The van der Waals surface area contributed by atoms with Gasteiger partial charge in [0.2, 0.25) is 5.91 Å². The van der Waals surface area contributed by atoms with Gasteiger partial charge in [0.1, 0.15) is 6.54 Å². The van der Waals surface area contributed by atoms with Crippen molar-refractivity contribution in [2.75, 3.05) is 7.05 Å². The minimum absolute atomic E-state index is 0.211. The summed E-state index contributed by atoms with van der Waals surface area (Å²) in [6.45, 7) is -0.236. The highest BCUT2D eigenvalue weighted by atomic mass is 16.2. The summed E-state index contributed by atoms with van der Waals surface area (Å²) in [6, 6.07) is 0.211. The Kier molecular flexibility index (Phi) is 3.83. The molecule has 0 spiro atoms. The van der Waals surface area contributed by atoms with E-state index in [2.05, 4.69) is 4.98 Å². The zero-order chi connectivity index (χ0) is 16.7. The first-order chi connectivity index (χ1) is 10.9. The van der Waals surface area contributed by atoms with Crippen molar-refractivity contribution in [3.63, 3.8) is 0 Å². The highest BCUT2D eigenvalue weighted by Gasteiger charge is 2.25. The first-order valence-corrected chi connectivity index (χ1v) is 7.78. The van der Waals surface area contributed by atoms with Crippen LogP contribution in [0.25, 0.3) is 11.2 Å². The molecule has 124 valence electrons. The Balaban J connectivity index is 2.00. The molecule has 1 fully saturated rings. The van der Waals surface area contributed by atoms with Gasteiger partial charge in [0.25, 0.3) is 5.56 Å². The van der Waals surface area contributed by atoms with E-state index in [9.17, 15) is 14.4 Å². The van der Waals surface area contributed by atoms with Gasteiger partial charge in [-0.1, -0.05) is 12.8 Å². The Morgan fingerprint density at radius 3 is 2.61 bits per heavy atom. The molecule has 1 amide bonds. The molecule has 0 bridgehead atoms. The summed E-state index contributed by atoms with van der Waals surface area (Å²) in [5.41, 5.74) is -0.343. The summed E-state index contributed by atoms with van der Waals surface area (Å²) in [5, 5.41) is 0. The molecule has 1 aliphatic rings. The van der Waals surface area contributed by atoms with Crippen LogP contribution in [0.3, 0.4) is 0 Å². The summed E-state index contributed by atoms with van der Waals surface area (Å²) in [4.78, 5) is 43.2. The third kappa shape index (κ3) is 2.47. The molecule has 0 aliphatic heterocycles. The first kappa shape index (κ1) is 15.5. The third-order valence-corrected chi connectivity index (χ3v) is 4.76. The zero-order valence-corrected chi connectivity index (χ0v) is 13.7. The lowest BCUT2D eigenvalue weighted by atomic mass is 10.2. The van der Waals surface area contributed by atoms with Crippen LogP contribution in [0, 0.1) is 0 Å². The van der Waals surface area contributed by atoms with E-state index in [1.165, 1.54) is 10.9 Å². The predicted octanol–water partition coefficient (Wildman–Crippen LogP) is -0.165. The third-order valence-electron chi connectivity index (χ3n) is 4.76. The quantitative estimate of drug-likeness (QED) is 0.787. The van der Waals surface area contributed by atoms with Crippen molar-refractivity contribution in [2.45, 2.75) is 38.3 Å².